The monoisotopic (exact) mass is 522 g/mol. The average Bonchev–Trinajstić information content (AvgIpc) is 3.59. The van der Waals surface area contributed by atoms with Crippen molar-refractivity contribution in [2.45, 2.75) is 0 Å². The molecule has 4 N–H and O–H groups in total. The number of carbonyl (C=O) groups excluding carboxylic acids is 2. The lowest BCUT2D eigenvalue weighted by atomic mass is 10.2. The van der Waals surface area contributed by atoms with Crippen LogP contribution >= 0.6 is 22.9 Å². The number of hydrogen-bond donors (Lipinski definition) is 4. The van der Waals surface area contributed by atoms with Crippen molar-refractivity contribution in [1.29, 1.82) is 0 Å². The van der Waals surface area contributed by atoms with E-state index in [4.69, 9.17) is 11.6 Å². The summed E-state index contributed by atoms with van der Waals surface area (Å²) in [6, 6.07) is 9.66. The predicted octanol–water partition coefficient (Wildman–Crippen LogP) is 4.82. The minimum absolute atomic E-state index is 0.161. The van der Waals surface area contributed by atoms with E-state index in [0.717, 1.165) is 0 Å². The summed E-state index contributed by atoms with van der Waals surface area (Å²) in [5.74, 6) is -1.19. The standard InChI is InChI=1S/C24H19ClN6O4S/c1-30-10-13(8-18(30)21-28-16-4-3-12(24(34)35)7-17(16)29-21)26-22(32)19-9-14(11-31(19)2)27-23(33)20-15(25)5-6-36-20/h3-11H,1-2H3,(H,26,32)(H,27,33)(H,28,29)(H,34,35). The first kappa shape index (κ1) is 23.4. The summed E-state index contributed by atoms with van der Waals surface area (Å²) in [6.45, 7) is 0. The van der Waals surface area contributed by atoms with Gasteiger partial charge in [-0.15, -0.1) is 11.3 Å². The van der Waals surface area contributed by atoms with Gasteiger partial charge in [0.15, 0.2) is 5.82 Å². The number of imidazole rings is 1. The summed E-state index contributed by atoms with van der Waals surface area (Å²) in [4.78, 5) is 44.7. The highest BCUT2D eigenvalue weighted by molar-refractivity contribution is 7.12. The Bertz CT molecular complexity index is 1660. The summed E-state index contributed by atoms with van der Waals surface area (Å²) in [5.41, 5.74) is 3.44. The molecule has 0 radical (unpaired) electrons. The fourth-order valence-corrected chi connectivity index (χ4v) is 4.87. The number of aromatic carboxylic acids is 1. The number of amides is 2. The quantitative estimate of drug-likeness (QED) is 0.253. The van der Waals surface area contributed by atoms with Gasteiger partial charge in [0.2, 0.25) is 0 Å². The Morgan fingerprint density at radius 1 is 1.00 bits per heavy atom. The molecule has 0 unspecified atom stereocenters. The van der Waals surface area contributed by atoms with Crippen molar-refractivity contribution < 1.29 is 19.5 Å². The molecule has 1 aromatic carbocycles. The molecule has 0 spiro atoms. The molecule has 5 rings (SSSR count). The number of rotatable bonds is 6. The van der Waals surface area contributed by atoms with Crippen LogP contribution in [0.25, 0.3) is 22.6 Å². The lowest BCUT2D eigenvalue weighted by Gasteiger charge is -2.03. The first-order chi connectivity index (χ1) is 17.2. The first-order valence-electron chi connectivity index (χ1n) is 10.6. The van der Waals surface area contributed by atoms with Gasteiger partial charge < -0.3 is 29.9 Å². The van der Waals surface area contributed by atoms with Gasteiger partial charge in [-0.2, -0.15) is 0 Å². The van der Waals surface area contributed by atoms with E-state index in [-0.39, 0.29) is 17.4 Å². The van der Waals surface area contributed by atoms with Crippen LogP contribution in [0.4, 0.5) is 11.4 Å². The van der Waals surface area contributed by atoms with Crippen molar-refractivity contribution in [2.75, 3.05) is 10.6 Å². The lowest BCUT2D eigenvalue weighted by Crippen LogP contribution is -2.14. The van der Waals surface area contributed by atoms with Crippen LogP contribution in [0.3, 0.4) is 0 Å². The van der Waals surface area contributed by atoms with E-state index in [1.807, 2.05) is 7.05 Å². The van der Waals surface area contributed by atoms with Crippen LogP contribution in [0.15, 0.2) is 54.2 Å². The van der Waals surface area contributed by atoms with Gasteiger partial charge in [-0.3, -0.25) is 9.59 Å². The molecule has 0 atom stereocenters. The third-order valence-electron chi connectivity index (χ3n) is 5.55. The van der Waals surface area contributed by atoms with Gasteiger partial charge >= 0.3 is 5.97 Å². The maximum atomic E-state index is 13.0. The second-order valence-corrected chi connectivity index (χ2v) is 9.40. The van der Waals surface area contributed by atoms with Gasteiger partial charge in [0, 0.05) is 26.5 Å². The Morgan fingerprint density at radius 2 is 1.72 bits per heavy atom. The van der Waals surface area contributed by atoms with E-state index in [2.05, 4.69) is 20.6 Å². The molecule has 4 heterocycles. The Labute approximate surface area is 213 Å². The first-order valence-corrected chi connectivity index (χ1v) is 11.9. The number of halogens is 1. The zero-order chi connectivity index (χ0) is 25.6. The Morgan fingerprint density at radius 3 is 2.44 bits per heavy atom. The van der Waals surface area contributed by atoms with Crippen molar-refractivity contribution in [3.8, 4) is 11.5 Å². The van der Waals surface area contributed by atoms with Crippen LogP contribution in [0, 0.1) is 0 Å². The number of fused-ring (bicyclic) bond motifs is 1. The number of aryl methyl sites for hydroxylation is 2. The summed E-state index contributed by atoms with van der Waals surface area (Å²) in [6.07, 6.45) is 3.39. The maximum Gasteiger partial charge on any atom is 0.335 e. The number of anilines is 2. The Balaban J connectivity index is 1.34. The van der Waals surface area contributed by atoms with Crippen molar-refractivity contribution in [3.63, 3.8) is 0 Å². The van der Waals surface area contributed by atoms with Gasteiger partial charge in [-0.1, -0.05) is 11.6 Å². The summed E-state index contributed by atoms with van der Waals surface area (Å²) < 4.78 is 3.41. The minimum Gasteiger partial charge on any atom is -0.478 e. The zero-order valence-corrected chi connectivity index (χ0v) is 20.6. The van der Waals surface area contributed by atoms with E-state index in [1.165, 1.54) is 23.5 Å². The topological polar surface area (TPSA) is 134 Å². The fraction of sp³-hybridized carbons (Fsp3) is 0.0833. The Kier molecular flexibility index (Phi) is 5.86. The van der Waals surface area contributed by atoms with E-state index < -0.39 is 5.97 Å². The van der Waals surface area contributed by atoms with Crippen molar-refractivity contribution >= 4 is 63.1 Å². The molecule has 182 valence electrons. The van der Waals surface area contributed by atoms with E-state index >= 15 is 0 Å². The molecule has 0 aliphatic carbocycles. The summed E-state index contributed by atoms with van der Waals surface area (Å²) >= 11 is 7.26. The van der Waals surface area contributed by atoms with Crippen LogP contribution in [0.2, 0.25) is 5.02 Å². The highest BCUT2D eigenvalue weighted by Crippen LogP contribution is 2.27. The molecule has 0 aliphatic rings. The summed E-state index contributed by atoms with van der Waals surface area (Å²) in [7, 11) is 3.52. The number of carboxylic acid groups (broad SMARTS) is 1. The number of nitrogens with one attached hydrogen (secondary N) is 3. The minimum atomic E-state index is -1.02. The number of aromatic amines is 1. The smallest absolute Gasteiger partial charge is 0.335 e. The highest BCUT2D eigenvalue weighted by atomic mass is 35.5. The number of aromatic nitrogens is 4. The van der Waals surface area contributed by atoms with Crippen molar-refractivity contribution in [2.24, 2.45) is 14.1 Å². The normalized spacial score (nSPS) is 11.1. The van der Waals surface area contributed by atoms with Gasteiger partial charge in [0.05, 0.1) is 38.7 Å². The van der Waals surface area contributed by atoms with E-state index in [9.17, 15) is 19.5 Å². The predicted molar refractivity (Wildman–Crippen MR) is 138 cm³/mol. The molecule has 0 saturated carbocycles. The molecule has 0 aliphatic heterocycles. The van der Waals surface area contributed by atoms with Gasteiger partial charge in [-0.05, 0) is 41.8 Å². The van der Waals surface area contributed by atoms with Crippen LogP contribution in [-0.4, -0.2) is 42.0 Å². The highest BCUT2D eigenvalue weighted by Gasteiger charge is 2.18. The van der Waals surface area contributed by atoms with E-state index in [0.29, 0.717) is 49.5 Å². The molecular weight excluding hydrogens is 504 g/mol. The molecule has 12 heteroatoms. The molecular formula is C24H19ClN6O4S. The maximum absolute atomic E-state index is 13.0. The number of benzene rings is 1. The second-order valence-electron chi connectivity index (χ2n) is 8.08. The van der Waals surface area contributed by atoms with Gasteiger partial charge in [0.1, 0.15) is 10.6 Å². The largest absolute Gasteiger partial charge is 0.478 e. The fourth-order valence-electron chi connectivity index (χ4n) is 3.83. The van der Waals surface area contributed by atoms with Crippen molar-refractivity contribution in [3.05, 3.63) is 75.3 Å². The Hall–Kier alpha value is -4.35. The molecule has 0 bridgehead atoms. The number of carbonyl (C=O) groups is 3. The number of carboxylic acids is 1. The average molecular weight is 523 g/mol. The molecule has 0 saturated heterocycles. The molecule has 0 fully saturated rings. The third-order valence-corrected chi connectivity index (χ3v) is 6.89. The molecule has 2 amide bonds. The number of thiophene rings is 1. The van der Waals surface area contributed by atoms with Crippen LogP contribution in [0.5, 0.6) is 0 Å². The number of H-pyrrole nitrogens is 1. The van der Waals surface area contributed by atoms with Crippen LogP contribution in [0.1, 0.15) is 30.5 Å². The molecule has 4 aromatic heterocycles. The SMILES string of the molecule is Cn1cc(NC(=O)c2sccc2Cl)cc1C(=O)Nc1cc(-c2nc3ccc(C(=O)O)cc3[nH]2)n(C)c1. The van der Waals surface area contributed by atoms with E-state index in [1.54, 1.807) is 58.2 Å². The van der Waals surface area contributed by atoms with Gasteiger partial charge in [0.25, 0.3) is 11.8 Å². The van der Waals surface area contributed by atoms with Crippen molar-refractivity contribution in [1.82, 2.24) is 19.1 Å². The van der Waals surface area contributed by atoms with Gasteiger partial charge in [-0.25, -0.2) is 9.78 Å². The number of nitrogens with zero attached hydrogens (tertiary/aromatic N) is 3. The van der Waals surface area contributed by atoms with Crippen LogP contribution in [-0.2, 0) is 14.1 Å². The van der Waals surface area contributed by atoms with Crippen LogP contribution < -0.4 is 10.6 Å². The molecule has 5 aromatic rings. The molecule has 10 nitrogen and oxygen atoms in total. The zero-order valence-electron chi connectivity index (χ0n) is 19.0. The third kappa shape index (κ3) is 4.37. The summed E-state index contributed by atoms with van der Waals surface area (Å²) in [5, 5.41) is 16.9. The number of hydrogen-bond acceptors (Lipinski definition) is 5. The molecule has 36 heavy (non-hydrogen) atoms. The second kappa shape index (κ2) is 9.02. The lowest BCUT2D eigenvalue weighted by molar-refractivity contribution is 0.0696.